The topological polar surface area (TPSA) is 66.7 Å². The minimum absolute atomic E-state index is 0.0255. The third kappa shape index (κ3) is 3.85. The molecule has 0 spiro atoms. The molecule has 28 heavy (non-hydrogen) atoms. The highest BCUT2D eigenvalue weighted by Crippen LogP contribution is 2.18. The lowest BCUT2D eigenvalue weighted by Gasteiger charge is -2.15. The van der Waals surface area contributed by atoms with Crippen molar-refractivity contribution in [3.63, 3.8) is 0 Å². The van der Waals surface area contributed by atoms with Gasteiger partial charge in [0.1, 0.15) is 0 Å². The molecule has 0 saturated heterocycles. The first-order chi connectivity index (χ1) is 13.4. The Balaban J connectivity index is 1.94. The van der Waals surface area contributed by atoms with Gasteiger partial charge in [0, 0.05) is 31.5 Å². The number of imidazole rings is 1. The maximum Gasteiger partial charge on any atom is 0.289 e. The molecule has 0 bridgehead atoms. The first-order valence-corrected chi connectivity index (χ1v) is 8.91. The van der Waals surface area contributed by atoms with Gasteiger partial charge >= 0.3 is 0 Å². The highest BCUT2D eigenvalue weighted by Gasteiger charge is 2.23. The Morgan fingerprint density at radius 2 is 1.96 bits per heavy atom. The molecule has 6 nitrogen and oxygen atoms in total. The Labute approximate surface area is 160 Å². The summed E-state index contributed by atoms with van der Waals surface area (Å²) < 4.78 is 28.0. The lowest BCUT2D eigenvalue weighted by Crippen LogP contribution is -2.29. The molecular formula is C20H20F2N4O2. The Morgan fingerprint density at radius 3 is 2.68 bits per heavy atom. The fraction of sp³-hybridized carbons (Fsp3) is 0.250. The van der Waals surface area contributed by atoms with E-state index in [1.165, 1.54) is 6.07 Å². The van der Waals surface area contributed by atoms with Crippen LogP contribution in [0.15, 0.2) is 42.6 Å². The van der Waals surface area contributed by atoms with Crippen molar-refractivity contribution >= 4 is 23.0 Å². The van der Waals surface area contributed by atoms with Crippen molar-refractivity contribution < 1.29 is 18.4 Å². The molecule has 0 unspecified atom stereocenters. The number of benzene rings is 1. The van der Waals surface area contributed by atoms with Crippen LogP contribution in [0.3, 0.4) is 0 Å². The van der Waals surface area contributed by atoms with Crippen molar-refractivity contribution in [1.29, 1.82) is 0 Å². The van der Waals surface area contributed by atoms with Gasteiger partial charge in [-0.2, -0.15) is 0 Å². The number of hydrogen-bond donors (Lipinski definition) is 1. The van der Waals surface area contributed by atoms with Crippen LogP contribution in [0, 0.1) is 11.6 Å². The van der Waals surface area contributed by atoms with Gasteiger partial charge in [0.15, 0.2) is 17.3 Å². The molecule has 3 aromatic rings. The van der Waals surface area contributed by atoms with Gasteiger partial charge in [-0.25, -0.2) is 13.8 Å². The molecule has 0 aliphatic carbocycles. The summed E-state index contributed by atoms with van der Waals surface area (Å²) >= 11 is 0. The highest BCUT2D eigenvalue weighted by molar-refractivity contribution is 6.08. The van der Waals surface area contributed by atoms with E-state index in [1.807, 2.05) is 6.92 Å². The summed E-state index contributed by atoms with van der Waals surface area (Å²) in [5, 5.41) is 2.49. The van der Waals surface area contributed by atoms with E-state index >= 15 is 0 Å². The molecule has 2 amide bonds. The Bertz CT molecular complexity index is 1030. The fourth-order valence-electron chi connectivity index (χ4n) is 2.79. The van der Waals surface area contributed by atoms with E-state index in [-0.39, 0.29) is 23.1 Å². The maximum atomic E-state index is 13.4. The summed E-state index contributed by atoms with van der Waals surface area (Å²) in [5.74, 6) is -2.88. The summed E-state index contributed by atoms with van der Waals surface area (Å²) in [6, 6.07) is 8.17. The van der Waals surface area contributed by atoms with Gasteiger partial charge in [-0.15, -0.1) is 0 Å². The van der Waals surface area contributed by atoms with Crippen LogP contribution in [0.1, 0.15) is 40.9 Å². The number of amides is 2. The summed E-state index contributed by atoms with van der Waals surface area (Å²) in [6.07, 6.45) is 3.45. The third-order valence-corrected chi connectivity index (χ3v) is 4.33. The maximum absolute atomic E-state index is 13.4. The molecule has 1 aromatic carbocycles. The number of rotatable bonds is 6. The molecule has 2 aromatic heterocycles. The number of carbonyl (C=O) groups excluding carboxylic acids is 2. The molecule has 0 radical (unpaired) electrons. The number of aromatic nitrogens is 2. The van der Waals surface area contributed by atoms with E-state index < -0.39 is 17.5 Å². The molecule has 8 heteroatoms. The second-order valence-corrected chi connectivity index (χ2v) is 6.40. The Morgan fingerprint density at radius 1 is 1.18 bits per heavy atom. The number of nitrogens with zero attached hydrogens (tertiary/aromatic N) is 3. The molecule has 146 valence electrons. The predicted octanol–water partition coefficient (Wildman–Crippen LogP) is 3.74. The summed E-state index contributed by atoms with van der Waals surface area (Å²) in [5.41, 5.74) is 0.557. The van der Waals surface area contributed by atoms with Crippen LogP contribution in [-0.4, -0.2) is 39.7 Å². The van der Waals surface area contributed by atoms with Crippen LogP contribution < -0.4 is 5.32 Å². The third-order valence-electron chi connectivity index (χ3n) is 4.33. The first-order valence-electron chi connectivity index (χ1n) is 8.91. The number of carbonyl (C=O) groups is 2. The molecule has 0 saturated carbocycles. The highest BCUT2D eigenvalue weighted by atomic mass is 19.2. The lowest BCUT2D eigenvalue weighted by atomic mass is 10.2. The molecule has 0 aliphatic rings. The Hall–Kier alpha value is -3.29. The van der Waals surface area contributed by atoms with Gasteiger partial charge in [0.2, 0.25) is 5.82 Å². The van der Waals surface area contributed by atoms with Crippen molar-refractivity contribution in [2.45, 2.75) is 19.8 Å². The number of anilines is 1. The second-order valence-electron chi connectivity index (χ2n) is 6.40. The second kappa shape index (κ2) is 8.16. The van der Waals surface area contributed by atoms with Crippen LogP contribution in [0.5, 0.6) is 0 Å². The molecule has 3 rings (SSSR count). The number of pyridine rings is 1. The van der Waals surface area contributed by atoms with Gasteiger partial charge < -0.3 is 10.2 Å². The zero-order chi connectivity index (χ0) is 20.3. The number of unbranched alkanes of at least 4 members (excludes halogenated alkanes) is 1. The number of fused-ring (bicyclic) bond motifs is 1. The Kier molecular flexibility index (Phi) is 5.67. The van der Waals surface area contributed by atoms with Crippen molar-refractivity contribution in [3.05, 3.63) is 65.7 Å². The standard InChI is InChI=1S/C20H20F2N4O2/c1-3-4-10-25(2)20(28)18-24-17(16-7-5-6-11-26(16)18)19(27)23-13-8-9-14(21)15(22)12-13/h5-9,11-12H,3-4,10H2,1-2H3,(H,23,27). The van der Waals surface area contributed by atoms with E-state index in [1.54, 1.807) is 40.7 Å². The molecule has 2 heterocycles. The largest absolute Gasteiger partial charge is 0.339 e. The molecule has 1 N–H and O–H groups in total. The molecule has 0 aliphatic heterocycles. The van der Waals surface area contributed by atoms with Crippen LogP contribution in [0.4, 0.5) is 14.5 Å². The zero-order valence-electron chi connectivity index (χ0n) is 15.6. The minimum atomic E-state index is -1.07. The van der Waals surface area contributed by atoms with E-state index in [2.05, 4.69) is 10.3 Å². The molecule has 0 atom stereocenters. The van der Waals surface area contributed by atoms with Crippen LogP contribution in [-0.2, 0) is 0 Å². The van der Waals surface area contributed by atoms with Crippen LogP contribution in [0.25, 0.3) is 5.52 Å². The molecule has 0 fully saturated rings. The van der Waals surface area contributed by atoms with Gasteiger partial charge in [0.05, 0.1) is 5.52 Å². The van der Waals surface area contributed by atoms with Crippen molar-refractivity contribution in [3.8, 4) is 0 Å². The number of halogens is 2. The normalized spacial score (nSPS) is 10.9. The quantitative estimate of drug-likeness (QED) is 0.702. The summed E-state index contributed by atoms with van der Waals surface area (Å²) in [7, 11) is 1.68. The van der Waals surface area contributed by atoms with Gasteiger partial charge in [-0.1, -0.05) is 19.4 Å². The van der Waals surface area contributed by atoms with Crippen LogP contribution in [0.2, 0.25) is 0 Å². The van der Waals surface area contributed by atoms with Gasteiger partial charge in [0.25, 0.3) is 11.8 Å². The van der Waals surface area contributed by atoms with Crippen molar-refractivity contribution in [2.24, 2.45) is 0 Å². The predicted molar refractivity (Wildman–Crippen MR) is 101 cm³/mol. The van der Waals surface area contributed by atoms with Crippen molar-refractivity contribution in [1.82, 2.24) is 14.3 Å². The average molecular weight is 386 g/mol. The first kappa shape index (κ1) is 19.5. The van der Waals surface area contributed by atoms with E-state index in [0.29, 0.717) is 12.1 Å². The lowest BCUT2D eigenvalue weighted by molar-refractivity contribution is 0.0780. The van der Waals surface area contributed by atoms with Gasteiger partial charge in [-0.3, -0.25) is 14.0 Å². The van der Waals surface area contributed by atoms with E-state index in [0.717, 1.165) is 25.0 Å². The van der Waals surface area contributed by atoms with Gasteiger partial charge in [-0.05, 0) is 30.7 Å². The van der Waals surface area contributed by atoms with E-state index in [4.69, 9.17) is 0 Å². The fourth-order valence-corrected chi connectivity index (χ4v) is 2.79. The molecular weight excluding hydrogens is 366 g/mol. The average Bonchev–Trinajstić information content (AvgIpc) is 3.08. The SMILES string of the molecule is CCCCN(C)C(=O)c1nc(C(=O)Nc2ccc(F)c(F)c2)c2ccccn12. The zero-order valence-corrected chi connectivity index (χ0v) is 15.6. The van der Waals surface area contributed by atoms with E-state index in [9.17, 15) is 18.4 Å². The van der Waals surface area contributed by atoms with Crippen molar-refractivity contribution in [2.75, 3.05) is 18.9 Å². The monoisotopic (exact) mass is 386 g/mol. The summed E-state index contributed by atoms with van der Waals surface area (Å²) in [4.78, 5) is 31.2. The van der Waals surface area contributed by atoms with Crippen LogP contribution >= 0.6 is 0 Å². The number of hydrogen-bond acceptors (Lipinski definition) is 3. The summed E-state index contributed by atoms with van der Waals surface area (Å²) in [6.45, 7) is 2.61. The smallest absolute Gasteiger partial charge is 0.289 e. The minimum Gasteiger partial charge on any atom is -0.339 e. The number of nitrogens with one attached hydrogen (secondary N) is 1.